The largest absolute Gasteiger partial charge is 0.486 e. The number of piperidine rings is 1. The van der Waals surface area contributed by atoms with Crippen LogP contribution in [0.25, 0.3) is 0 Å². The lowest BCUT2D eigenvalue weighted by molar-refractivity contribution is 0.0495. The van der Waals surface area contributed by atoms with Crippen LogP contribution in [0.5, 0.6) is 11.5 Å². The van der Waals surface area contributed by atoms with Crippen LogP contribution in [0.15, 0.2) is 12.1 Å². The van der Waals surface area contributed by atoms with Crippen LogP contribution in [0.3, 0.4) is 0 Å². The van der Waals surface area contributed by atoms with Gasteiger partial charge < -0.3 is 19.7 Å². The first-order valence-corrected chi connectivity index (χ1v) is 9.06. The molecule has 0 unspecified atom stereocenters. The Morgan fingerprint density at radius 2 is 1.58 bits per heavy atom. The Balaban J connectivity index is 1.64. The molecule has 0 saturated carbocycles. The SMILES string of the molecule is OCCC1(CCO)CCN(Cc2cc3c(cc2Cl)OCCO3)CC1. The normalized spacial score (nSPS) is 20.1. The zero-order valence-electron chi connectivity index (χ0n) is 14.0. The molecule has 2 heterocycles. The Morgan fingerprint density at radius 3 is 2.17 bits per heavy atom. The third kappa shape index (κ3) is 3.97. The fourth-order valence-electron chi connectivity index (χ4n) is 3.75. The summed E-state index contributed by atoms with van der Waals surface area (Å²) in [4.78, 5) is 2.38. The lowest BCUT2D eigenvalue weighted by Gasteiger charge is -2.41. The number of aliphatic hydroxyl groups excluding tert-OH is 2. The van der Waals surface area contributed by atoms with E-state index in [2.05, 4.69) is 4.90 Å². The summed E-state index contributed by atoms with van der Waals surface area (Å²) in [6.45, 7) is 4.19. The van der Waals surface area contributed by atoms with Crippen LogP contribution in [0, 0.1) is 5.41 Å². The zero-order chi connectivity index (χ0) is 17.0. The summed E-state index contributed by atoms with van der Waals surface area (Å²) in [7, 11) is 0. The molecule has 1 aromatic rings. The summed E-state index contributed by atoms with van der Waals surface area (Å²) in [5.41, 5.74) is 1.13. The minimum Gasteiger partial charge on any atom is -0.486 e. The Bertz CT molecular complexity index is 550. The zero-order valence-corrected chi connectivity index (χ0v) is 14.7. The molecule has 24 heavy (non-hydrogen) atoms. The van der Waals surface area contributed by atoms with Gasteiger partial charge in [-0.1, -0.05) is 11.6 Å². The highest BCUT2D eigenvalue weighted by atomic mass is 35.5. The van der Waals surface area contributed by atoms with Crippen LogP contribution in [0.1, 0.15) is 31.2 Å². The van der Waals surface area contributed by atoms with Crippen LogP contribution in [0.4, 0.5) is 0 Å². The molecule has 0 aliphatic carbocycles. The number of likely N-dealkylation sites (tertiary alicyclic amines) is 1. The molecule has 0 atom stereocenters. The maximum Gasteiger partial charge on any atom is 0.162 e. The highest BCUT2D eigenvalue weighted by Gasteiger charge is 2.33. The molecule has 6 heteroatoms. The van der Waals surface area contributed by atoms with E-state index in [4.69, 9.17) is 21.1 Å². The maximum atomic E-state index is 9.32. The number of hydrogen-bond donors (Lipinski definition) is 2. The Hall–Kier alpha value is -1.01. The molecule has 134 valence electrons. The highest BCUT2D eigenvalue weighted by molar-refractivity contribution is 6.31. The van der Waals surface area contributed by atoms with Gasteiger partial charge in [0, 0.05) is 30.8 Å². The molecular weight excluding hydrogens is 330 g/mol. The molecule has 0 bridgehead atoms. The summed E-state index contributed by atoms with van der Waals surface area (Å²) < 4.78 is 11.2. The van der Waals surface area contributed by atoms with Crippen LogP contribution < -0.4 is 9.47 Å². The predicted molar refractivity (Wildman–Crippen MR) is 92.8 cm³/mol. The molecule has 2 N–H and O–H groups in total. The smallest absolute Gasteiger partial charge is 0.162 e. The molecule has 2 aliphatic rings. The van der Waals surface area contributed by atoms with Gasteiger partial charge in [0.05, 0.1) is 0 Å². The van der Waals surface area contributed by atoms with Gasteiger partial charge in [0.1, 0.15) is 13.2 Å². The van der Waals surface area contributed by atoms with E-state index in [1.54, 1.807) is 0 Å². The van der Waals surface area contributed by atoms with Gasteiger partial charge in [-0.15, -0.1) is 0 Å². The first-order valence-electron chi connectivity index (χ1n) is 8.68. The van der Waals surface area contributed by atoms with Crippen molar-refractivity contribution in [2.24, 2.45) is 5.41 Å². The summed E-state index contributed by atoms with van der Waals surface area (Å²) in [6.07, 6.45) is 3.53. The molecule has 3 rings (SSSR count). The predicted octanol–water partition coefficient (Wildman–Crippen LogP) is 2.46. The molecule has 1 fully saturated rings. The van der Waals surface area contributed by atoms with E-state index in [9.17, 15) is 10.2 Å². The molecule has 1 aromatic carbocycles. The van der Waals surface area contributed by atoms with Crippen LogP contribution in [0.2, 0.25) is 5.02 Å². The van der Waals surface area contributed by atoms with Crippen molar-refractivity contribution in [2.45, 2.75) is 32.2 Å². The van der Waals surface area contributed by atoms with Gasteiger partial charge in [0.25, 0.3) is 0 Å². The van der Waals surface area contributed by atoms with Gasteiger partial charge in [-0.2, -0.15) is 0 Å². The van der Waals surface area contributed by atoms with Gasteiger partial charge in [-0.25, -0.2) is 0 Å². The standard InChI is InChI=1S/C18H26ClNO4/c19-15-12-17-16(23-9-10-24-17)11-14(15)13-20-5-1-18(2-6-20,3-7-21)4-8-22/h11-12,21-22H,1-10,13H2. The Kier molecular flexibility index (Phi) is 5.87. The summed E-state index contributed by atoms with van der Waals surface area (Å²) >= 11 is 6.41. The van der Waals surface area contributed by atoms with Crippen molar-refractivity contribution >= 4 is 11.6 Å². The molecule has 0 amide bonds. The minimum atomic E-state index is 0.0800. The number of nitrogens with zero attached hydrogens (tertiary/aromatic N) is 1. The molecule has 0 aromatic heterocycles. The van der Waals surface area contributed by atoms with Gasteiger partial charge >= 0.3 is 0 Å². The fourth-order valence-corrected chi connectivity index (χ4v) is 3.97. The van der Waals surface area contributed by atoms with Crippen molar-refractivity contribution in [1.82, 2.24) is 4.90 Å². The van der Waals surface area contributed by atoms with E-state index in [0.29, 0.717) is 18.2 Å². The van der Waals surface area contributed by atoms with E-state index >= 15 is 0 Å². The second-order valence-corrected chi connectivity index (χ2v) is 7.22. The summed E-state index contributed by atoms with van der Waals surface area (Å²) in [6, 6.07) is 3.83. The molecule has 5 nitrogen and oxygen atoms in total. The third-order valence-corrected chi connectivity index (χ3v) is 5.66. The van der Waals surface area contributed by atoms with E-state index in [-0.39, 0.29) is 18.6 Å². The molecule has 1 saturated heterocycles. The number of aliphatic hydroxyl groups is 2. The van der Waals surface area contributed by atoms with Crippen molar-refractivity contribution in [1.29, 1.82) is 0 Å². The highest BCUT2D eigenvalue weighted by Crippen LogP contribution is 2.40. The Labute approximate surface area is 148 Å². The average molecular weight is 356 g/mol. The molecule has 2 aliphatic heterocycles. The summed E-state index contributed by atoms with van der Waals surface area (Å²) in [5.74, 6) is 1.49. The second kappa shape index (κ2) is 7.91. The quantitative estimate of drug-likeness (QED) is 0.820. The third-order valence-electron chi connectivity index (χ3n) is 5.31. The van der Waals surface area contributed by atoms with Crippen molar-refractivity contribution in [3.63, 3.8) is 0 Å². The van der Waals surface area contributed by atoms with Gasteiger partial charge in [0.15, 0.2) is 11.5 Å². The van der Waals surface area contributed by atoms with Gasteiger partial charge in [-0.05, 0) is 55.8 Å². The van der Waals surface area contributed by atoms with Crippen LogP contribution in [-0.2, 0) is 6.54 Å². The maximum absolute atomic E-state index is 9.32. The van der Waals surface area contributed by atoms with E-state index in [1.165, 1.54) is 0 Å². The lowest BCUT2D eigenvalue weighted by Crippen LogP contribution is -2.40. The minimum absolute atomic E-state index is 0.0800. The molecule has 0 radical (unpaired) electrons. The first kappa shape index (κ1) is 17.8. The fraction of sp³-hybridized carbons (Fsp3) is 0.667. The number of hydrogen-bond acceptors (Lipinski definition) is 5. The Morgan fingerprint density at radius 1 is 1.00 bits per heavy atom. The number of fused-ring (bicyclic) bond motifs is 1. The molecule has 0 spiro atoms. The topological polar surface area (TPSA) is 62.2 Å². The first-order chi connectivity index (χ1) is 11.7. The monoisotopic (exact) mass is 355 g/mol. The lowest BCUT2D eigenvalue weighted by atomic mass is 9.73. The van der Waals surface area contributed by atoms with Crippen molar-refractivity contribution in [2.75, 3.05) is 39.5 Å². The number of halogens is 1. The van der Waals surface area contributed by atoms with Crippen molar-refractivity contribution in [3.05, 3.63) is 22.7 Å². The van der Waals surface area contributed by atoms with Crippen molar-refractivity contribution < 1.29 is 19.7 Å². The summed E-state index contributed by atoms with van der Waals surface area (Å²) in [5, 5.41) is 19.4. The second-order valence-electron chi connectivity index (χ2n) is 6.81. The number of rotatable bonds is 6. The average Bonchev–Trinajstić information content (AvgIpc) is 2.58. The van der Waals surface area contributed by atoms with Crippen molar-refractivity contribution in [3.8, 4) is 11.5 Å². The number of ether oxygens (including phenoxy) is 2. The van der Waals surface area contributed by atoms with Crippen LogP contribution >= 0.6 is 11.6 Å². The van der Waals surface area contributed by atoms with E-state index < -0.39 is 0 Å². The molecular formula is C18H26ClNO4. The van der Waals surface area contributed by atoms with Gasteiger partial charge in [0.2, 0.25) is 0 Å². The van der Waals surface area contributed by atoms with Crippen LogP contribution in [-0.4, -0.2) is 54.6 Å². The van der Waals surface area contributed by atoms with Gasteiger partial charge in [-0.3, -0.25) is 4.90 Å². The number of benzene rings is 1. The van der Waals surface area contributed by atoms with E-state index in [1.807, 2.05) is 12.1 Å². The van der Waals surface area contributed by atoms with E-state index in [0.717, 1.165) is 62.4 Å².